The van der Waals surface area contributed by atoms with E-state index in [0.717, 1.165) is 31.5 Å². The minimum atomic E-state index is 0.208. The zero-order chi connectivity index (χ0) is 14.1. The summed E-state index contributed by atoms with van der Waals surface area (Å²) >= 11 is 0. The molecule has 1 unspecified atom stereocenters. The second-order valence-corrected chi connectivity index (χ2v) is 5.11. The van der Waals surface area contributed by atoms with Gasteiger partial charge in [0.1, 0.15) is 0 Å². The van der Waals surface area contributed by atoms with Gasteiger partial charge in [0.05, 0.1) is 0 Å². The number of para-hydroxylation sites is 1. The lowest BCUT2D eigenvalue weighted by Gasteiger charge is -2.23. The first kappa shape index (κ1) is 15.7. The molecule has 1 amide bonds. The molecule has 106 valence electrons. The molecule has 2 N–H and O–H groups in total. The number of rotatable bonds is 8. The highest BCUT2D eigenvalue weighted by atomic mass is 16.2. The SMILES string of the molecule is CCCCN(C(=O)CCC(C)CN)c1ccccc1. The predicted molar refractivity (Wildman–Crippen MR) is 81.2 cm³/mol. The summed E-state index contributed by atoms with van der Waals surface area (Å²) in [6, 6.07) is 9.93. The van der Waals surface area contributed by atoms with Gasteiger partial charge in [0.15, 0.2) is 0 Å². The summed E-state index contributed by atoms with van der Waals surface area (Å²) in [7, 11) is 0. The second-order valence-electron chi connectivity index (χ2n) is 5.11. The molecule has 1 atom stereocenters. The Balaban J connectivity index is 2.65. The van der Waals surface area contributed by atoms with Crippen LogP contribution in [0.1, 0.15) is 39.5 Å². The van der Waals surface area contributed by atoms with Crippen LogP contribution in [0.5, 0.6) is 0 Å². The molecule has 0 aliphatic heterocycles. The zero-order valence-electron chi connectivity index (χ0n) is 12.1. The standard InChI is InChI=1S/C16H26N2O/c1-3-4-12-18(15-8-6-5-7-9-15)16(19)11-10-14(2)13-17/h5-9,14H,3-4,10-13,17H2,1-2H3. The molecule has 3 heteroatoms. The van der Waals surface area contributed by atoms with Gasteiger partial charge in [-0.3, -0.25) is 4.79 Å². The normalized spacial score (nSPS) is 12.2. The number of nitrogens with two attached hydrogens (primary N) is 1. The van der Waals surface area contributed by atoms with Crippen LogP contribution in [0.25, 0.3) is 0 Å². The van der Waals surface area contributed by atoms with Gasteiger partial charge in [-0.2, -0.15) is 0 Å². The first-order chi connectivity index (χ1) is 9.19. The number of hydrogen-bond acceptors (Lipinski definition) is 2. The van der Waals surface area contributed by atoms with Gasteiger partial charge in [0.25, 0.3) is 0 Å². The van der Waals surface area contributed by atoms with Gasteiger partial charge in [-0.15, -0.1) is 0 Å². The van der Waals surface area contributed by atoms with Crippen LogP contribution in [0.4, 0.5) is 5.69 Å². The first-order valence-electron chi connectivity index (χ1n) is 7.24. The minimum absolute atomic E-state index is 0.208. The molecule has 0 fully saturated rings. The number of carbonyl (C=O) groups is 1. The lowest BCUT2D eigenvalue weighted by Crippen LogP contribution is -2.32. The maximum absolute atomic E-state index is 12.4. The van der Waals surface area contributed by atoms with E-state index in [0.29, 0.717) is 18.9 Å². The summed E-state index contributed by atoms with van der Waals surface area (Å²) in [6.07, 6.45) is 3.57. The molecule has 0 heterocycles. The molecule has 1 aromatic rings. The Kier molecular flexibility index (Phi) is 7.19. The number of amides is 1. The van der Waals surface area contributed by atoms with Crippen LogP contribution in [0.3, 0.4) is 0 Å². The minimum Gasteiger partial charge on any atom is -0.330 e. The molecule has 0 radical (unpaired) electrons. The molecule has 0 bridgehead atoms. The van der Waals surface area contributed by atoms with Crippen molar-refractivity contribution < 1.29 is 4.79 Å². The number of nitrogens with zero attached hydrogens (tertiary/aromatic N) is 1. The smallest absolute Gasteiger partial charge is 0.226 e. The fourth-order valence-electron chi connectivity index (χ4n) is 1.94. The molecular formula is C16H26N2O. The average molecular weight is 262 g/mol. The zero-order valence-corrected chi connectivity index (χ0v) is 12.1. The van der Waals surface area contributed by atoms with Gasteiger partial charge < -0.3 is 10.6 Å². The van der Waals surface area contributed by atoms with E-state index in [9.17, 15) is 4.79 Å². The van der Waals surface area contributed by atoms with E-state index in [1.165, 1.54) is 0 Å². The van der Waals surface area contributed by atoms with E-state index in [-0.39, 0.29) is 5.91 Å². The number of unbranched alkanes of at least 4 members (excludes halogenated alkanes) is 1. The monoisotopic (exact) mass is 262 g/mol. The Labute approximate surface area is 116 Å². The fraction of sp³-hybridized carbons (Fsp3) is 0.562. The average Bonchev–Trinajstić information content (AvgIpc) is 2.46. The Bertz CT molecular complexity index is 364. The summed E-state index contributed by atoms with van der Waals surface area (Å²) in [5.41, 5.74) is 6.60. The van der Waals surface area contributed by atoms with Crippen LogP contribution in [-0.2, 0) is 4.79 Å². The van der Waals surface area contributed by atoms with Crippen molar-refractivity contribution in [2.75, 3.05) is 18.0 Å². The molecule has 1 aromatic carbocycles. The lowest BCUT2D eigenvalue weighted by atomic mass is 10.1. The van der Waals surface area contributed by atoms with Crippen molar-refractivity contribution in [2.24, 2.45) is 11.7 Å². The van der Waals surface area contributed by atoms with Gasteiger partial charge in [-0.1, -0.05) is 38.5 Å². The van der Waals surface area contributed by atoms with E-state index in [1.54, 1.807) is 0 Å². The van der Waals surface area contributed by atoms with Crippen LogP contribution in [0.15, 0.2) is 30.3 Å². The van der Waals surface area contributed by atoms with Crippen molar-refractivity contribution in [3.8, 4) is 0 Å². The molecule has 0 spiro atoms. The number of hydrogen-bond donors (Lipinski definition) is 1. The third-order valence-electron chi connectivity index (χ3n) is 3.36. The van der Waals surface area contributed by atoms with E-state index in [1.807, 2.05) is 35.2 Å². The van der Waals surface area contributed by atoms with Gasteiger partial charge in [-0.05, 0) is 37.4 Å². The third-order valence-corrected chi connectivity index (χ3v) is 3.36. The van der Waals surface area contributed by atoms with Crippen molar-refractivity contribution in [3.05, 3.63) is 30.3 Å². The van der Waals surface area contributed by atoms with E-state index in [4.69, 9.17) is 5.73 Å². The molecule has 0 saturated heterocycles. The van der Waals surface area contributed by atoms with Crippen molar-refractivity contribution in [1.82, 2.24) is 0 Å². The van der Waals surface area contributed by atoms with Crippen molar-refractivity contribution in [3.63, 3.8) is 0 Å². The topological polar surface area (TPSA) is 46.3 Å². The maximum atomic E-state index is 12.4. The van der Waals surface area contributed by atoms with Crippen LogP contribution >= 0.6 is 0 Å². The van der Waals surface area contributed by atoms with Crippen molar-refractivity contribution in [2.45, 2.75) is 39.5 Å². The third kappa shape index (κ3) is 5.43. The van der Waals surface area contributed by atoms with E-state index < -0.39 is 0 Å². The van der Waals surface area contributed by atoms with Crippen molar-refractivity contribution in [1.29, 1.82) is 0 Å². The fourth-order valence-corrected chi connectivity index (χ4v) is 1.94. The molecule has 3 nitrogen and oxygen atoms in total. The molecule has 19 heavy (non-hydrogen) atoms. The second kappa shape index (κ2) is 8.70. The molecule has 0 aliphatic rings. The molecule has 0 aliphatic carbocycles. The Morgan fingerprint density at radius 3 is 2.58 bits per heavy atom. The Morgan fingerprint density at radius 1 is 1.32 bits per heavy atom. The number of anilines is 1. The summed E-state index contributed by atoms with van der Waals surface area (Å²) in [6.45, 7) is 5.68. The van der Waals surface area contributed by atoms with Crippen LogP contribution in [0, 0.1) is 5.92 Å². The molecule has 1 rings (SSSR count). The van der Waals surface area contributed by atoms with Crippen molar-refractivity contribution >= 4 is 11.6 Å². The highest BCUT2D eigenvalue weighted by Crippen LogP contribution is 2.17. The highest BCUT2D eigenvalue weighted by Gasteiger charge is 2.15. The van der Waals surface area contributed by atoms with Crippen LogP contribution < -0.4 is 10.6 Å². The predicted octanol–water partition coefficient (Wildman–Crippen LogP) is 3.19. The summed E-state index contributed by atoms with van der Waals surface area (Å²) < 4.78 is 0. The van der Waals surface area contributed by atoms with Gasteiger partial charge >= 0.3 is 0 Å². The Hall–Kier alpha value is -1.35. The number of benzene rings is 1. The maximum Gasteiger partial charge on any atom is 0.226 e. The van der Waals surface area contributed by atoms with E-state index in [2.05, 4.69) is 13.8 Å². The lowest BCUT2D eigenvalue weighted by molar-refractivity contribution is -0.118. The summed E-state index contributed by atoms with van der Waals surface area (Å²) in [4.78, 5) is 14.3. The largest absolute Gasteiger partial charge is 0.330 e. The van der Waals surface area contributed by atoms with Crippen LogP contribution in [0.2, 0.25) is 0 Å². The van der Waals surface area contributed by atoms with E-state index >= 15 is 0 Å². The quantitative estimate of drug-likeness (QED) is 0.782. The van der Waals surface area contributed by atoms with Gasteiger partial charge in [0, 0.05) is 18.7 Å². The summed E-state index contributed by atoms with van der Waals surface area (Å²) in [5.74, 6) is 0.618. The number of carbonyl (C=O) groups excluding carboxylic acids is 1. The van der Waals surface area contributed by atoms with Crippen LogP contribution in [-0.4, -0.2) is 19.0 Å². The highest BCUT2D eigenvalue weighted by molar-refractivity contribution is 5.93. The van der Waals surface area contributed by atoms with Gasteiger partial charge in [0.2, 0.25) is 5.91 Å². The van der Waals surface area contributed by atoms with Gasteiger partial charge in [-0.25, -0.2) is 0 Å². The molecule has 0 aromatic heterocycles. The summed E-state index contributed by atoms with van der Waals surface area (Å²) in [5, 5.41) is 0. The molecule has 0 saturated carbocycles. The first-order valence-corrected chi connectivity index (χ1v) is 7.24. The Morgan fingerprint density at radius 2 is 2.00 bits per heavy atom. The molecular weight excluding hydrogens is 236 g/mol.